The smallest absolute Gasteiger partial charge is 0.0701 e. The van der Waals surface area contributed by atoms with Gasteiger partial charge in [0.25, 0.3) is 0 Å². The summed E-state index contributed by atoms with van der Waals surface area (Å²) in [5.41, 5.74) is 0. The van der Waals surface area contributed by atoms with Crippen LogP contribution >= 0.6 is 0 Å². The first-order chi connectivity index (χ1) is 32.4. The van der Waals surface area contributed by atoms with Crippen LogP contribution in [0.5, 0.6) is 0 Å². The van der Waals surface area contributed by atoms with Gasteiger partial charge in [-0.15, -0.1) is 0 Å². The van der Waals surface area contributed by atoms with Gasteiger partial charge in [-0.1, -0.05) is 51.9 Å². The third-order valence-corrected chi connectivity index (χ3v) is 8.70. The maximum Gasteiger partial charge on any atom is 0.0701 e. The van der Waals surface area contributed by atoms with Crippen LogP contribution in [0.3, 0.4) is 0 Å². The standard InChI is InChI=1S/C46H94O19/c1-2-3-4-5-6-7-8-9-11-48-13-15-50-17-19-52-21-23-54-25-27-56-29-31-58-33-35-60-37-39-62-41-43-64-45-46-65-44-42-63-40-38-61-36-34-59-32-30-57-28-26-55-24-22-53-20-18-51-16-14-49-12-10-47/h47H,2-46H2,1H3. The molecule has 0 radical (unpaired) electrons. The van der Waals surface area contributed by atoms with Crippen molar-refractivity contribution in [1.29, 1.82) is 0 Å². The van der Waals surface area contributed by atoms with Crippen LogP contribution in [0.15, 0.2) is 0 Å². The molecule has 0 aromatic heterocycles. The first-order valence-corrected chi connectivity index (χ1v) is 24.4. The van der Waals surface area contributed by atoms with Gasteiger partial charge in [0.2, 0.25) is 0 Å². The van der Waals surface area contributed by atoms with E-state index in [-0.39, 0.29) is 6.61 Å². The monoisotopic (exact) mass is 951 g/mol. The van der Waals surface area contributed by atoms with Gasteiger partial charge in [-0.25, -0.2) is 0 Å². The number of hydrogen-bond acceptors (Lipinski definition) is 19. The van der Waals surface area contributed by atoms with Gasteiger partial charge in [0.1, 0.15) is 0 Å². The fraction of sp³-hybridized carbons (Fsp3) is 1.00. The van der Waals surface area contributed by atoms with E-state index >= 15 is 0 Å². The van der Waals surface area contributed by atoms with Crippen molar-refractivity contribution in [1.82, 2.24) is 0 Å². The van der Waals surface area contributed by atoms with Gasteiger partial charge in [-0.3, -0.25) is 0 Å². The SMILES string of the molecule is CCCCCCCCCCOCCOCCOCCOCCOCCOCCOCCOCCOCCOCCOCCOCCOCCOCCOCCOCCOCCOCCO. The van der Waals surface area contributed by atoms with Gasteiger partial charge >= 0.3 is 0 Å². The van der Waals surface area contributed by atoms with Crippen molar-refractivity contribution in [3.63, 3.8) is 0 Å². The molecule has 65 heavy (non-hydrogen) atoms. The third kappa shape index (κ3) is 63.2. The largest absolute Gasteiger partial charge is 0.394 e. The second kappa shape index (κ2) is 63.2. The van der Waals surface area contributed by atoms with Gasteiger partial charge in [0.05, 0.1) is 238 Å². The molecule has 0 aliphatic carbocycles. The lowest BCUT2D eigenvalue weighted by atomic mass is 10.1. The zero-order valence-electron chi connectivity index (χ0n) is 40.6. The normalized spacial score (nSPS) is 11.7. The molecule has 0 atom stereocenters. The van der Waals surface area contributed by atoms with Gasteiger partial charge in [0.15, 0.2) is 0 Å². The van der Waals surface area contributed by atoms with E-state index in [0.29, 0.717) is 231 Å². The minimum Gasteiger partial charge on any atom is -0.394 e. The molecule has 0 aliphatic rings. The summed E-state index contributed by atoms with van der Waals surface area (Å²) in [5, 5.41) is 8.60. The Kier molecular flexibility index (Phi) is 62.5. The third-order valence-electron chi connectivity index (χ3n) is 8.70. The molecule has 392 valence electrons. The Morgan fingerprint density at radius 3 is 0.477 bits per heavy atom. The van der Waals surface area contributed by atoms with Crippen molar-refractivity contribution < 1.29 is 90.4 Å². The molecule has 0 spiro atoms. The maximum atomic E-state index is 8.60. The molecule has 0 heterocycles. The van der Waals surface area contributed by atoms with E-state index in [0.717, 1.165) is 13.0 Å². The van der Waals surface area contributed by atoms with Crippen LogP contribution in [0.25, 0.3) is 0 Å². The summed E-state index contributed by atoms with van der Waals surface area (Å²) in [7, 11) is 0. The van der Waals surface area contributed by atoms with Crippen LogP contribution in [0, 0.1) is 0 Å². The minimum absolute atomic E-state index is 0.0213. The summed E-state index contributed by atoms with van der Waals surface area (Å²) in [4.78, 5) is 0. The lowest BCUT2D eigenvalue weighted by Gasteiger charge is -2.09. The summed E-state index contributed by atoms with van der Waals surface area (Å²) < 4.78 is 98.6. The zero-order chi connectivity index (χ0) is 46.5. The van der Waals surface area contributed by atoms with Gasteiger partial charge in [-0.05, 0) is 6.42 Å². The number of aliphatic hydroxyl groups is 1. The maximum absolute atomic E-state index is 8.60. The van der Waals surface area contributed by atoms with E-state index < -0.39 is 0 Å². The zero-order valence-corrected chi connectivity index (χ0v) is 40.6. The van der Waals surface area contributed by atoms with Crippen LogP contribution in [-0.4, -0.2) is 250 Å². The molecule has 0 aromatic carbocycles. The second-order valence-corrected chi connectivity index (χ2v) is 14.2. The van der Waals surface area contributed by atoms with Gasteiger partial charge < -0.3 is 90.4 Å². The molecule has 0 amide bonds. The summed E-state index contributed by atoms with van der Waals surface area (Å²) in [6.45, 7) is 20.8. The molecule has 0 saturated carbocycles. The van der Waals surface area contributed by atoms with E-state index in [4.69, 9.17) is 90.4 Å². The quantitative estimate of drug-likeness (QED) is 0.0874. The van der Waals surface area contributed by atoms with Gasteiger partial charge in [0, 0.05) is 6.61 Å². The van der Waals surface area contributed by atoms with Crippen LogP contribution in [-0.2, 0) is 85.3 Å². The average molecular weight is 951 g/mol. The highest BCUT2D eigenvalue weighted by molar-refractivity contribution is 4.46. The summed E-state index contributed by atoms with van der Waals surface area (Å²) in [5.74, 6) is 0. The molecule has 0 rings (SSSR count). The van der Waals surface area contributed by atoms with Crippen molar-refractivity contribution in [3.8, 4) is 0 Å². The van der Waals surface area contributed by atoms with Crippen molar-refractivity contribution in [2.24, 2.45) is 0 Å². The lowest BCUT2D eigenvalue weighted by molar-refractivity contribution is -0.0310. The number of unbranched alkanes of at least 4 members (excludes halogenated alkanes) is 7. The minimum atomic E-state index is 0.0213. The summed E-state index contributed by atoms with van der Waals surface area (Å²) >= 11 is 0. The van der Waals surface area contributed by atoms with E-state index in [2.05, 4.69) is 6.92 Å². The van der Waals surface area contributed by atoms with Crippen molar-refractivity contribution in [3.05, 3.63) is 0 Å². The molecule has 19 heteroatoms. The second-order valence-electron chi connectivity index (χ2n) is 14.2. The van der Waals surface area contributed by atoms with E-state index in [1.165, 1.54) is 44.9 Å². The molecule has 19 nitrogen and oxygen atoms in total. The Hall–Kier alpha value is -0.760. The molecule has 0 aromatic rings. The highest BCUT2D eigenvalue weighted by Gasteiger charge is 1.99. The Morgan fingerprint density at radius 2 is 0.308 bits per heavy atom. The Labute approximate surface area is 392 Å². The van der Waals surface area contributed by atoms with E-state index in [1.807, 2.05) is 0 Å². The number of hydrogen-bond donors (Lipinski definition) is 1. The lowest BCUT2D eigenvalue weighted by Crippen LogP contribution is -2.16. The van der Waals surface area contributed by atoms with E-state index in [9.17, 15) is 0 Å². The molecule has 0 unspecified atom stereocenters. The molecule has 1 N–H and O–H groups in total. The van der Waals surface area contributed by atoms with Crippen LogP contribution in [0.1, 0.15) is 58.3 Å². The van der Waals surface area contributed by atoms with Crippen molar-refractivity contribution in [2.45, 2.75) is 58.3 Å². The predicted octanol–water partition coefficient (Wildman–Crippen LogP) is 3.42. The fourth-order valence-corrected chi connectivity index (χ4v) is 5.24. The summed E-state index contributed by atoms with van der Waals surface area (Å²) in [6, 6.07) is 0. The highest BCUT2D eigenvalue weighted by atomic mass is 16.6. The van der Waals surface area contributed by atoms with Crippen LogP contribution in [0.4, 0.5) is 0 Å². The van der Waals surface area contributed by atoms with Crippen molar-refractivity contribution in [2.75, 3.05) is 244 Å². The predicted molar refractivity (Wildman–Crippen MR) is 244 cm³/mol. The molecule has 0 saturated heterocycles. The molecule has 0 fully saturated rings. The van der Waals surface area contributed by atoms with Crippen molar-refractivity contribution >= 4 is 0 Å². The number of aliphatic hydroxyl groups excluding tert-OH is 1. The molecular weight excluding hydrogens is 856 g/mol. The fourth-order valence-electron chi connectivity index (χ4n) is 5.24. The van der Waals surface area contributed by atoms with E-state index in [1.54, 1.807) is 0 Å². The Balaban J connectivity index is 3.06. The first kappa shape index (κ1) is 64.2. The van der Waals surface area contributed by atoms with Gasteiger partial charge in [-0.2, -0.15) is 0 Å². The molecular formula is C46H94O19. The average Bonchev–Trinajstić information content (AvgIpc) is 3.32. The first-order valence-electron chi connectivity index (χ1n) is 24.4. The number of ether oxygens (including phenoxy) is 18. The summed E-state index contributed by atoms with van der Waals surface area (Å²) in [6.07, 6.45) is 10.5. The topological polar surface area (TPSA) is 186 Å². The van der Waals surface area contributed by atoms with Crippen LogP contribution in [0.2, 0.25) is 0 Å². The molecule has 0 bridgehead atoms. The highest BCUT2D eigenvalue weighted by Crippen LogP contribution is 2.08. The molecule has 0 aliphatic heterocycles. The Morgan fingerprint density at radius 1 is 0.169 bits per heavy atom. The number of rotatable bonds is 62. The Bertz CT molecular complexity index is 748. The van der Waals surface area contributed by atoms with Crippen LogP contribution < -0.4 is 0 Å².